The Kier molecular flexibility index (Phi) is 7.46. The lowest BCUT2D eigenvalue weighted by Gasteiger charge is -2.30. The van der Waals surface area contributed by atoms with Gasteiger partial charge in [0.2, 0.25) is 11.8 Å². The molecule has 0 aliphatic carbocycles. The van der Waals surface area contributed by atoms with E-state index in [1.807, 2.05) is 0 Å². The summed E-state index contributed by atoms with van der Waals surface area (Å²) in [5.74, 6) is -3.64. The Morgan fingerprint density at radius 1 is 0.523 bits per heavy atom. The fourth-order valence-corrected chi connectivity index (χ4v) is 5.35. The molecule has 6 rings (SSSR count). The first-order chi connectivity index (χ1) is 21.3. The number of carbonyl (C=O) groups is 6. The van der Waals surface area contributed by atoms with E-state index in [0.29, 0.717) is 11.1 Å². The standard InChI is InChI=1S/C32H24N6O6/c39-25(17-37-29(41)21-5-1-2-6-22(21)30(37)42)35-27(19-9-13-33-14-10-19)28(20-11-15-34-16-12-20)36-26(40)18-38-31(43)23-7-3-4-8-24(23)32(38)44/h1-16,27-28H,17-18H2,(H,35,39)(H,36,40). The van der Waals surface area contributed by atoms with Crippen molar-refractivity contribution in [3.05, 3.63) is 131 Å². The van der Waals surface area contributed by atoms with Gasteiger partial charge < -0.3 is 10.6 Å². The van der Waals surface area contributed by atoms with Crippen molar-refractivity contribution in [3.8, 4) is 0 Å². The Morgan fingerprint density at radius 3 is 1.11 bits per heavy atom. The predicted molar refractivity (Wildman–Crippen MR) is 154 cm³/mol. The molecule has 12 nitrogen and oxygen atoms in total. The summed E-state index contributed by atoms with van der Waals surface area (Å²) in [4.78, 5) is 88.3. The van der Waals surface area contributed by atoms with Crippen molar-refractivity contribution < 1.29 is 28.8 Å². The molecule has 2 atom stereocenters. The van der Waals surface area contributed by atoms with Crippen LogP contribution in [0.5, 0.6) is 0 Å². The van der Waals surface area contributed by atoms with Crippen molar-refractivity contribution >= 4 is 35.4 Å². The highest BCUT2D eigenvalue weighted by Gasteiger charge is 2.39. The van der Waals surface area contributed by atoms with Gasteiger partial charge in [0.15, 0.2) is 0 Å². The number of hydrogen-bond acceptors (Lipinski definition) is 8. The molecule has 2 aromatic carbocycles. The zero-order chi connectivity index (χ0) is 30.8. The van der Waals surface area contributed by atoms with Crippen molar-refractivity contribution in [2.45, 2.75) is 12.1 Å². The smallest absolute Gasteiger partial charge is 0.262 e. The average Bonchev–Trinajstić information content (AvgIpc) is 3.44. The highest BCUT2D eigenvalue weighted by atomic mass is 16.2. The Morgan fingerprint density at radius 2 is 0.818 bits per heavy atom. The van der Waals surface area contributed by atoms with Crippen molar-refractivity contribution in [2.24, 2.45) is 0 Å². The maximum absolute atomic E-state index is 13.4. The SMILES string of the molecule is O=C(CN1C(=O)c2ccccc2C1=O)NC(c1ccncc1)C(NC(=O)CN1C(=O)c2ccccc2C1=O)c1ccncc1. The zero-order valence-corrected chi connectivity index (χ0v) is 23.0. The highest BCUT2D eigenvalue weighted by Crippen LogP contribution is 2.30. The van der Waals surface area contributed by atoms with E-state index in [1.165, 1.54) is 49.1 Å². The van der Waals surface area contributed by atoms with E-state index < -0.39 is 60.6 Å². The first-order valence-electron chi connectivity index (χ1n) is 13.6. The maximum atomic E-state index is 13.4. The summed E-state index contributed by atoms with van der Waals surface area (Å²) in [6.45, 7) is -1.11. The van der Waals surface area contributed by atoms with Crippen LogP contribution in [-0.4, -0.2) is 68.3 Å². The summed E-state index contributed by atoms with van der Waals surface area (Å²) in [7, 11) is 0. The molecule has 0 bridgehead atoms. The van der Waals surface area contributed by atoms with E-state index in [2.05, 4.69) is 20.6 Å². The number of imide groups is 2. The molecule has 218 valence electrons. The normalized spacial score (nSPS) is 15.1. The van der Waals surface area contributed by atoms with Gasteiger partial charge in [-0.1, -0.05) is 24.3 Å². The van der Waals surface area contributed by atoms with Crippen LogP contribution >= 0.6 is 0 Å². The third-order valence-corrected chi connectivity index (χ3v) is 7.46. The molecular weight excluding hydrogens is 564 g/mol. The van der Waals surface area contributed by atoms with Gasteiger partial charge in [0, 0.05) is 24.8 Å². The zero-order valence-electron chi connectivity index (χ0n) is 23.0. The molecule has 4 aromatic rings. The molecule has 2 unspecified atom stereocenters. The molecule has 0 radical (unpaired) electrons. The van der Waals surface area contributed by atoms with Crippen LogP contribution < -0.4 is 10.6 Å². The van der Waals surface area contributed by atoms with Crippen LogP contribution in [0.2, 0.25) is 0 Å². The fourth-order valence-electron chi connectivity index (χ4n) is 5.35. The molecule has 0 spiro atoms. The fraction of sp³-hybridized carbons (Fsp3) is 0.125. The lowest BCUT2D eigenvalue weighted by molar-refractivity contribution is -0.125. The Labute approximate surface area is 250 Å². The van der Waals surface area contributed by atoms with E-state index in [-0.39, 0.29) is 22.3 Å². The molecule has 12 heteroatoms. The summed E-state index contributed by atoms with van der Waals surface area (Å²) in [6, 6.07) is 17.4. The van der Waals surface area contributed by atoms with Crippen molar-refractivity contribution in [2.75, 3.05) is 13.1 Å². The summed E-state index contributed by atoms with van der Waals surface area (Å²) < 4.78 is 0. The van der Waals surface area contributed by atoms with E-state index in [0.717, 1.165) is 9.80 Å². The van der Waals surface area contributed by atoms with Gasteiger partial charge in [-0.2, -0.15) is 0 Å². The first kappa shape index (κ1) is 28.1. The maximum Gasteiger partial charge on any atom is 0.262 e. The molecule has 4 heterocycles. The van der Waals surface area contributed by atoms with Gasteiger partial charge in [0.1, 0.15) is 13.1 Å². The van der Waals surface area contributed by atoms with Crippen molar-refractivity contribution in [1.29, 1.82) is 0 Å². The van der Waals surface area contributed by atoms with E-state index in [1.54, 1.807) is 48.5 Å². The number of hydrogen-bond donors (Lipinski definition) is 2. The third-order valence-electron chi connectivity index (χ3n) is 7.46. The quantitative estimate of drug-likeness (QED) is 0.281. The van der Waals surface area contributed by atoms with Gasteiger partial charge in [-0.05, 0) is 59.7 Å². The molecular formula is C32H24N6O6. The number of fused-ring (bicyclic) bond motifs is 2. The molecule has 0 saturated heterocycles. The summed E-state index contributed by atoms with van der Waals surface area (Å²) in [6.07, 6.45) is 6.07. The lowest BCUT2D eigenvalue weighted by Crippen LogP contribution is -2.47. The lowest BCUT2D eigenvalue weighted by atomic mass is 9.94. The first-order valence-corrected chi connectivity index (χ1v) is 13.6. The van der Waals surface area contributed by atoms with Crippen molar-refractivity contribution in [1.82, 2.24) is 30.4 Å². The summed E-state index contributed by atoms with van der Waals surface area (Å²) in [5.41, 5.74) is 1.96. The molecule has 2 N–H and O–H groups in total. The van der Waals surface area contributed by atoms with Gasteiger partial charge in [0.05, 0.1) is 34.3 Å². The van der Waals surface area contributed by atoms with E-state index >= 15 is 0 Å². The second-order valence-electron chi connectivity index (χ2n) is 10.1. The number of amides is 6. The van der Waals surface area contributed by atoms with Crippen molar-refractivity contribution in [3.63, 3.8) is 0 Å². The molecule has 6 amide bonds. The minimum absolute atomic E-state index is 0.214. The minimum atomic E-state index is -0.922. The van der Waals surface area contributed by atoms with Gasteiger partial charge in [0.25, 0.3) is 23.6 Å². The largest absolute Gasteiger partial charge is 0.345 e. The number of rotatable bonds is 9. The van der Waals surface area contributed by atoms with E-state index in [9.17, 15) is 28.8 Å². The highest BCUT2D eigenvalue weighted by molar-refractivity contribution is 6.23. The molecule has 2 aliphatic rings. The van der Waals surface area contributed by atoms with Crippen LogP contribution in [0.15, 0.2) is 97.6 Å². The van der Waals surface area contributed by atoms with Gasteiger partial charge >= 0.3 is 0 Å². The molecule has 0 fully saturated rings. The predicted octanol–water partition coefficient (Wildman–Crippen LogP) is 2.08. The van der Waals surface area contributed by atoms with Crippen LogP contribution in [0.4, 0.5) is 0 Å². The monoisotopic (exact) mass is 588 g/mol. The topological polar surface area (TPSA) is 159 Å². The third kappa shape index (κ3) is 5.20. The second-order valence-corrected chi connectivity index (χ2v) is 10.1. The summed E-state index contributed by atoms with van der Waals surface area (Å²) >= 11 is 0. The minimum Gasteiger partial charge on any atom is -0.345 e. The van der Waals surface area contributed by atoms with Crippen LogP contribution in [0, 0.1) is 0 Å². The Balaban J connectivity index is 1.26. The van der Waals surface area contributed by atoms with Gasteiger partial charge in [-0.25, -0.2) is 0 Å². The van der Waals surface area contributed by atoms with Gasteiger partial charge in [-0.3, -0.25) is 48.5 Å². The van der Waals surface area contributed by atoms with Crippen LogP contribution in [-0.2, 0) is 9.59 Å². The van der Waals surface area contributed by atoms with E-state index in [4.69, 9.17) is 0 Å². The number of nitrogens with zero attached hydrogens (tertiary/aromatic N) is 4. The summed E-state index contributed by atoms with van der Waals surface area (Å²) in [5, 5.41) is 5.72. The molecule has 2 aromatic heterocycles. The number of benzene rings is 2. The van der Waals surface area contributed by atoms with Crippen LogP contribution in [0.25, 0.3) is 0 Å². The average molecular weight is 589 g/mol. The van der Waals surface area contributed by atoms with Crippen LogP contribution in [0.3, 0.4) is 0 Å². The number of carbonyl (C=O) groups excluding carboxylic acids is 6. The number of pyridine rings is 2. The van der Waals surface area contributed by atoms with Gasteiger partial charge in [-0.15, -0.1) is 0 Å². The molecule has 2 aliphatic heterocycles. The number of aromatic nitrogens is 2. The Bertz CT molecular complexity index is 1610. The number of nitrogens with one attached hydrogen (secondary N) is 2. The van der Waals surface area contributed by atoms with Crippen LogP contribution in [0.1, 0.15) is 64.6 Å². The Hall–Kier alpha value is -6.04. The molecule has 0 saturated carbocycles. The molecule has 44 heavy (non-hydrogen) atoms. The second kappa shape index (κ2) is 11.7.